The van der Waals surface area contributed by atoms with Crippen molar-refractivity contribution in [2.75, 3.05) is 0 Å². The summed E-state index contributed by atoms with van der Waals surface area (Å²) in [5.41, 5.74) is 1.17. The molecule has 114 valence electrons. The van der Waals surface area contributed by atoms with Crippen LogP contribution in [0.3, 0.4) is 0 Å². The number of carbonyl (C=O) groups is 1. The maximum Gasteiger partial charge on any atom is 0.341 e. The number of H-pyrrole nitrogens is 1. The molecule has 0 aliphatic rings. The van der Waals surface area contributed by atoms with E-state index in [4.69, 9.17) is 4.74 Å². The fourth-order valence-electron chi connectivity index (χ4n) is 2.46. The molecular formula is C16H18N4O2. The highest BCUT2D eigenvalue weighted by Crippen LogP contribution is 2.26. The van der Waals surface area contributed by atoms with Gasteiger partial charge in [0.05, 0.1) is 17.3 Å². The van der Waals surface area contributed by atoms with Gasteiger partial charge >= 0.3 is 5.97 Å². The van der Waals surface area contributed by atoms with E-state index in [0.717, 1.165) is 11.2 Å². The first kappa shape index (κ1) is 14.3. The summed E-state index contributed by atoms with van der Waals surface area (Å²) in [7, 11) is 1.89. The topological polar surface area (TPSA) is 72.8 Å². The molecule has 0 amide bonds. The number of aromatic nitrogens is 4. The van der Waals surface area contributed by atoms with Crippen LogP contribution < -0.4 is 0 Å². The summed E-state index contributed by atoms with van der Waals surface area (Å²) >= 11 is 0. The lowest BCUT2D eigenvalue weighted by atomic mass is 10.1. The number of hydrogen-bond donors (Lipinski definition) is 1. The number of rotatable bonds is 4. The Morgan fingerprint density at radius 3 is 2.86 bits per heavy atom. The summed E-state index contributed by atoms with van der Waals surface area (Å²) in [5.74, 6) is 0.475. The Kier molecular flexibility index (Phi) is 3.66. The maximum atomic E-state index is 12.6. The molecule has 1 N–H and O–H groups in total. The van der Waals surface area contributed by atoms with E-state index in [2.05, 4.69) is 15.2 Å². The Balaban J connectivity index is 1.92. The molecule has 0 aliphatic carbocycles. The minimum Gasteiger partial charge on any atom is -0.450 e. The summed E-state index contributed by atoms with van der Waals surface area (Å²) in [6, 6.07) is 5.45. The molecule has 6 nitrogen and oxygen atoms in total. The molecule has 0 saturated carbocycles. The lowest BCUT2D eigenvalue weighted by Crippen LogP contribution is -2.19. The smallest absolute Gasteiger partial charge is 0.341 e. The highest BCUT2D eigenvalue weighted by atomic mass is 16.5. The van der Waals surface area contributed by atoms with Crippen LogP contribution in [-0.2, 0) is 11.8 Å². The van der Waals surface area contributed by atoms with Crippen LogP contribution >= 0.6 is 0 Å². The molecule has 0 fully saturated rings. The molecule has 0 radical (unpaired) electrons. The van der Waals surface area contributed by atoms with E-state index in [1.807, 2.05) is 43.8 Å². The van der Waals surface area contributed by atoms with Crippen LogP contribution in [0.15, 0.2) is 36.8 Å². The highest BCUT2D eigenvalue weighted by molar-refractivity contribution is 6.02. The van der Waals surface area contributed by atoms with Gasteiger partial charge in [0.1, 0.15) is 5.82 Å². The predicted molar refractivity (Wildman–Crippen MR) is 82.3 cm³/mol. The van der Waals surface area contributed by atoms with Crippen molar-refractivity contribution in [3.8, 4) is 0 Å². The lowest BCUT2D eigenvalue weighted by molar-refractivity contribution is 0.0144. The number of ether oxygens (including phenoxy) is 1. The van der Waals surface area contributed by atoms with Crippen LogP contribution in [0.5, 0.6) is 0 Å². The second-order valence-corrected chi connectivity index (χ2v) is 5.61. The number of nitrogens with zero attached hydrogens (tertiary/aromatic N) is 3. The van der Waals surface area contributed by atoms with Crippen molar-refractivity contribution in [3.05, 3.63) is 48.2 Å². The van der Waals surface area contributed by atoms with E-state index >= 15 is 0 Å². The first-order valence-corrected chi connectivity index (χ1v) is 7.18. The molecule has 22 heavy (non-hydrogen) atoms. The number of aryl methyl sites for hydroxylation is 1. The van der Waals surface area contributed by atoms with Gasteiger partial charge in [0.2, 0.25) is 0 Å². The number of nitrogens with one attached hydrogen (secondary N) is 1. The standard InChI is InChI=1S/C16H18N4O2/c1-10(2)14(15-17-7-8-20(15)3)22-16(21)12-6-4-5-11-9-18-19-13(11)12/h4-10,14H,1-3H3,(H,18,19)/t14-/m0/s1. The molecule has 1 aromatic carbocycles. The van der Waals surface area contributed by atoms with E-state index in [0.29, 0.717) is 11.1 Å². The zero-order valence-electron chi connectivity index (χ0n) is 12.8. The van der Waals surface area contributed by atoms with Gasteiger partial charge in [0.25, 0.3) is 0 Å². The van der Waals surface area contributed by atoms with Crippen LogP contribution in [0, 0.1) is 5.92 Å². The largest absolute Gasteiger partial charge is 0.450 e. The van der Waals surface area contributed by atoms with Crippen molar-refractivity contribution >= 4 is 16.9 Å². The Morgan fingerprint density at radius 2 is 2.18 bits per heavy atom. The number of fused-ring (bicyclic) bond motifs is 1. The zero-order valence-corrected chi connectivity index (χ0v) is 12.8. The van der Waals surface area contributed by atoms with Crippen LogP contribution in [0.2, 0.25) is 0 Å². The third kappa shape index (κ3) is 2.47. The predicted octanol–water partition coefficient (Wildman–Crippen LogP) is 2.85. The SMILES string of the molecule is CC(C)[C@H](OC(=O)c1cccc2cn[nH]c12)c1nccn1C. The third-order valence-electron chi connectivity index (χ3n) is 3.65. The average molecular weight is 298 g/mol. The molecular weight excluding hydrogens is 280 g/mol. The fourth-order valence-corrected chi connectivity index (χ4v) is 2.46. The minimum absolute atomic E-state index is 0.117. The minimum atomic E-state index is -0.398. The van der Waals surface area contributed by atoms with Gasteiger partial charge in [0.15, 0.2) is 6.10 Å². The first-order chi connectivity index (χ1) is 10.6. The fraction of sp³-hybridized carbons (Fsp3) is 0.312. The normalized spacial score (nSPS) is 12.7. The summed E-state index contributed by atoms with van der Waals surface area (Å²) < 4.78 is 7.60. The summed E-state index contributed by atoms with van der Waals surface area (Å²) in [4.78, 5) is 16.9. The van der Waals surface area contributed by atoms with Crippen molar-refractivity contribution in [2.24, 2.45) is 13.0 Å². The van der Waals surface area contributed by atoms with Gasteiger partial charge in [-0.15, -0.1) is 0 Å². The number of carbonyl (C=O) groups excluding carboxylic acids is 1. The molecule has 6 heteroatoms. The van der Waals surface area contributed by atoms with Gasteiger partial charge in [-0.3, -0.25) is 5.10 Å². The van der Waals surface area contributed by atoms with Crippen LogP contribution in [0.25, 0.3) is 10.9 Å². The van der Waals surface area contributed by atoms with E-state index < -0.39 is 6.10 Å². The molecule has 2 heterocycles. The van der Waals surface area contributed by atoms with Gasteiger partial charge in [0, 0.05) is 24.8 Å². The maximum absolute atomic E-state index is 12.6. The second-order valence-electron chi connectivity index (χ2n) is 5.61. The van der Waals surface area contributed by atoms with Crippen molar-refractivity contribution < 1.29 is 9.53 Å². The molecule has 0 spiro atoms. The number of imidazole rings is 1. The molecule has 0 unspecified atom stereocenters. The van der Waals surface area contributed by atoms with Gasteiger partial charge < -0.3 is 9.30 Å². The van der Waals surface area contributed by atoms with E-state index in [1.54, 1.807) is 18.5 Å². The van der Waals surface area contributed by atoms with Crippen molar-refractivity contribution in [2.45, 2.75) is 20.0 Å². The molecule has 3 rings (SSSR count). The van der Waals surface area contributed by atoms with Gasteiger partial charge in [-0.25, -0.2) is 9.78 Å². The van der Waals surface area contributed by atoms with E-state index in [9.17, 15) is 4.79 Å². The van der Waals surface area contributed by atoms with Crippen LogP contribution in [0.4, 0.5) is 0 Å². The highest BCUT2D eigenvalue weighted by Gasteiger charge is 2.25. The molecule has 0 saturated heterocycles. The molecule has 0 bridgehead atoms. The average Bonchev–Trinajstić information content (AvgIpc) is 3.12. The Hall–Kier alpha value is -2.63. The van der Waals surface area contributed by atoms with Crippen LogP contribution in [-0.4, -0.2) is 25.7 Å². The number of para-hydroxylation sites is 1. The quantitative estimate of drug-likeness (QED) is 0.752. The molecule has 1 atom stereocenters. The molecule has 3 aromatic rings. The second kappa shape index (κ2) is 5.63. The number of benzene rings is 1. The molecule has 0 aliphatic heterocycles. The summed E-state index contributed by atoms with van der Waals surface area (Å²) in [5, 5.41) is 7.70. The number of aromatic amines is 1. The summed E-state index contributed by atoms with van der Waals surface area (Å²) in [6.45, 7) is 4.01. The van der Waals surface area contributed by atoms with Crippen molar-refractivity contribution in [1.82, 2.24) is 19.7 Å². The monoisotopic (exact) mass is 298 g/mol. The number of esters is 1. The van der Waals surface area contributed by atoms with Crippen molar-refractivity contribution in [3.63, 3.8) is 0 Å². The number of hydrogen-bond acceptors (Lipinski definition) is 4. The first-order valence-electron chi connectivity index (χ1n) is 7.18. The van der Waals surface area contributed by atoms with Crippen molar-refractivity contribution in [1.29, 1.82) is 0 Å². The molecule has 2 aromatic heterocycles. The van der Waals surface area contributed by atoms with E-state index in [1.165, 1.54) is 0 Å². The Labute approximate surface area is 128 Å². The summed E-state index contributed by atoms with van der Waals surface area (Å²) in [6.07, 6.45) is 4.83. The van der Waals surface area contributed by atoms with Gasteiger partial charge in [-0.1, -0.05) is 26.0 Å². The zero-order chi connectivity index (χ0) is 15.7. The lowest BCUT2D eigenvalue weighted by Gasteiger charge is -2.21. The Morgan fingerprint density at radius 1 is 1.36 bits per heavy atom. The Bertz CT molecular complexity index is 803. The van der Waals surface area contributed by atoms with E-state index in [-0.39, 0.29) is 11.9 Å². The van der Waals surface area contributed by atoms with Crippen LogP contribution in [0.1, 0.15) is 36.1 Å². The van der Waals surface area contributed by atoms with Gasteiger partial charge in [-0.05, 0) is 12.0 Å². The van der Waals surface area contributed by atoms with Gasteiger partial charge in [-0.2, -0.15) is 5.10 Å². The third-order valence-corrected chi connectivity index (χ3v) is 3.65.